The van der Waals surface area contributed by atoms with Crippen molar-refractivity contribution < 1.29 is 4.79 Å². The second-order valence-corrected chi connectivity index (χ2v) is 8.27. The predicted octanol–water partition coefficient (Wildman–Crippen LogP) is 3.57. The fourth-order valence-corrected chi connectivity index (χ4v) is 3.68. The zero-order valence-electron chi connectivity index (χ0n) is 19.1. The van der Waals surface area contributed by atoms with Crippen molar-refractivity contribution in [2.45, 2.75) is 46.1 Å². The third-order valence-corrected chi connectivity index (χ3v) is 5.31. The smallest absolute Gasteiger partial charge is 0.253 e. The van der Waals surface area contributed by atoms with E-state index in [-0.39, 0.29) is 29.9 Å². The molecule has 1 aliphatic rings. The molecular weight excluding hydrogens is 489 g/mol. The van der Waals surface area contributed by atoms with Gasteiger partial charge in [-0.25, -0.2) is 4.99 Å². The summed E-state index contributed by atoms with van der Waals surface area (Å²) in [5.41, 5.74) is 1.80. The molecule has 1 atom stereocenters. The number of amides is 1. The molecule has 0 spiro atoms. The molecule has 0 aromatic heterocycles. The number of likely N-dealkylation sites (tertiary alicyclic amines) is 1. The molecule has 30 heavy (non-hydrogen) atoms. The Labute approximate surface area is 199 Å². The molecule has 1 fully saturated rings. The molecule has 170 valence electrons. The van der Waals surface area contributed by atoms with E-state index in [0.29, 0.717) is 12.1 Å². The Balaban J connectivity index is 0.00000450. The van der Waals surface area contributed by atoms with Crippen LogP contribution in [0.3, 0.4) is 0 Å². The van der Waals surface area contributed by atoms with Crippen LogP contribution in [0.2, 0.25) is 0 Å². The van der Waals surface area contributed by atoms with Gasteiger partial charge in [-0.15, -0.1) is 24.0 Å². The topological polar surface area (TPSA) is 60.0 Å². The van der Waals surface area contributed by atoms with Crippen LogP contribution < -0.4 is 10.6 Å². The SMILES string of the molecule is CCNC(=NCc1ccc(C(=O)N(C)C)cc1)NCCCCN1CCCC(C)C1.I. The maximum atomic E-state index is 12.0. The molecule has 1 aliphatic heterocycles. The molecular formula is C23H40IN5O. The van der Waals surface area contributed by atoms with Gasteiger partial charge in [0.1, 0.15) is 0 Å². The van der Waals surface area contributed by atoms with Crippen molar-refractivity contribution in [3.63, 3.8) is 0 Å². The maximum Gasteiger partial charge on any atom is 0.253 e. The van der Waals surface area contributed by atoms with Gasteiger partial charge in [0.25, 0.3) is 5.91 Å². The second kappa shape index (κ2) is 14.6. The summed E-state index contributed by atoms with van der Waals surface area (Å²) in [7, 11) is 3.53. The Morgan fingerprint density at radius 3 is 2.57 bits per heavy atom. The minimum absolute atomic E-state index is 0. The standard InChI is InChI=1S/C23H39N5O.HI/c1-5-24-23(25-14-6-7-15-28-16-8-9-19(2)18-28)26-17-20-10-12-21(13-11-20)22(29)27(3)4;/h10-13,19H,5-9,14-18H2,1-4H3,(H2,24,25,26);1H. The highest BCUT2D eigenvalue weighted by atomic mass is 127. The summed E-state index contributed by atoms with van der Waals surface area (Å²) in [6.07, 6.45) is 5.10. The molecule has 2 N–H and O–H groups in total. The van der Waals surface area contributed by atoms with Crippen LogP contribution in [-0.4, -0.2) is 68.5 Å². The molecule has 2 rings (SSSR count). The molecule has 1 amide bonds. The van der Waals surface area contributed by atoms with Gasteiger partial charge < -0.3 is 20.4 Å². The Bertz CT molecular complexity index is 647. The number of nitrogens with one attached hydrogen (secondary N) is 2. The van der Waals surface area contributed by atoms with Crippen LogP contribution >= 0.6 is 24.0 Å². The Hall–Kier alpha value is -1.35. The molecule has 1 aromatic carbocycles. The van der Waals surface area contributed by atoms with E-state index in [1.54, 1.807) is 19.0 Å². The lowest BCUT2D eigenvalue weighted by Crippen LogP contribution is -2.38. The molecule has 0 aliphatic carbocycles. The number of piperidine rings is 1. The van der Waals surface area contributed by atoms with Crippen molar-refractivity contribution in [1.29, 1.82) is 0 Å². The molecule has 1 saturated heterocycles. The van der Waals surface area contributed by atoms with Crippen LogP contribution in [0.1, 0.15) is 55.5 Å². The average Bonchev–Trinajstić information content (AvgIpc) is 2.71. The lowest BCUT2D eigenvalue weighted by atomic mass is 10.0. The van der Waals surface area contributed by atoms with E-state index < -0.39 is 0 Å². The number of benzene rings is 1. The largest absolute Gasteiger partial charge is 0.357 e. The van der Waals surface area contributed by atoms with E-state index in [1.807, 2.05) is 24.3 Å². The third kappa shape index (κ3) is 9.64. The van der Waals surface area contributed by atoms with Crippen molar-refractivity contribution >= 4 is 35.8 Å². The number of carbonyl (C=O) groups excluding carboxylic acids is 1. The molecule has 6 nitrogen and oxygen atoms in total. The highest BCUT2D eigenvalue weighted by Crippen LogP contribution is 2.15. The molecule has 0 bridgehead atoms. The van der Waals surface area contributed by atoms with Crippen molar-refractivity contribution in [2.24, 2.45) is 10.9 Å². The van der Waals surface area contributed by atoms with E-state index in [4.69, 9.17) is 0 Å². The van der Waals surface area contributed by atoms with Gasteiger partial charge in [0.05, 0.1) is 6.54 Å². The number of aliphatic imine (C=N–C) groups is 1. The maximum absolute atomic E-state index is 12.0. The number of hydrogen-bond donors (Lipinski definition) is 2. The van der Waals surface area contributed by atoms with Gasteiger partial charge in [-0.1, -0.05) is 19.1 Å². The van der Waals surface area contributed by atoms with Crippen LogP contribution in [0.5, 0.6) is 0 Å². The number of halogens is 1. The summed E-state index contributed by atoms with van der Waals surface area (Å²) >= 11 is 0. The summed E-state index contributed by atoms with van der Waals surface area (Å²) in [6, 6.07) is 7.69. The fourth-order valence-electron chi connectivity index (χ4n) is 3.68. The van der Waals surface area contributed by atoms with Crippen molar-refractivity contribution in [1.82, 2.24) is 20.4 Å². The first-order valence-corrected chi connectivity index (χ1v) is 11.0. The number of hydrogen-bond acceptors (Lipinski definition) is 3. The van der Waals surface area contributed by atoms with Crippen LogP contribution in [0.4, 0.5) is 0 Å². The van der Waals surface area contributed by atoms with Crippen molar-refractivity contribution in [3.8, 4) is 0 Å². The first-order chi connectivity index (χ1) is 14.0. The van der Waals surface area contributed by atoms with Crippen LogP contribution in [0.15, 0.2) is 29.3 Å². The Kier molecular flexibility index (Phi) is 13.0. The number of unbranched alkanes of at least 4 members (excludes halogenated alkanes) is 1. The number of rotatable bonds is 9. The van der Waals surface area contributed by atoms with E-state index in [9.17, 15) is 4.79 Å². The summed E-state index contributed by atoms with van der Waals surface area (Å²) in [6.45, 7) is 10.5. The molecule has 0 saturated carbocycles. The minimum atomic E-state index is 0. The Morgan fingerprint density at radius 2 is 1.93 bits per heavy atom. The number of nitrogens with zero attached hydrogens (tertiary/aromatic N) is 3. The highest BCUT2D eigenvalue weighted by Gasteiger charge is 2.15. The molecule has 0 radical (unpaired) electrons. The third-order valence-electron chi connectivity index (χ3n) is 5.31. The van der Waals surface area contributed by atoms with Gasteiger partial charge in [-0.3, -0.25) is 4.79 Å². The molecule has 1 unspecified atom stereocenters. The summed E-state index contributed by atoms with van der Waals surface area (Å²) in [5, 5.41) is 6.75. The quantitative estimate of drug-likeness (QED) is 0.222. The summed E-state index contributed by atoms with van der Waals surface area (Å²) < 4.78 is 0. The molecule has 7 heteroatoms. The second-order valence-electron chi connectivity index (χ2n) is 8.27. The monoisotopic (exact) mass is 529 g/mol. The van der Waals surface area contributed by atoms with Crippen molar-refractivity contribution in [2.75, 3.05) is 46.8 Å². The van der Waals surface area contributed by atoms with E-state index in [0.717, 1.165) is 37.0 Å². The lowest BCUT2D eigenvalue weighted by molar-refractivity contribution is 0.0827. The van der Waals surface area contributed by atoms with Gasteiger partial charge in [-0.2, -0.15) is 0 Å². The number of carbonyl (C=O) groups is 1. The van der Waals surface area contributed by atoms with Crippen molar-refractivity contribution in [3.05, 3.63) is 35.4 Å². The van der Waals surface area contributed by atoms with Crippen LogP contribution in [0.25, 0.3) is 0 Å². The van der Waals surface area contributed by atoms with Gasteiger partial charge in [0.15, 0.2) is 5.96 Å². The number of guanidine groups is 1. The van der Waals surface area contributed by atoms with Crippen LogP contribution in [-0.2, 0) is 6.54 Å². The van der Waals surface area contributed by atoms with Gasteiger partial charge >= 0.3 is 0 Å². The fraction of sp³-hybridized carbons (Fsp3) is 0.652. The molecule has 1 aromatic rings. The minimum Gasteiger partial charge on any atom is -0.357 e. The van der Waals surface area contributed by atoms with Gasteiger partial charge in [0, 0.05) is 39.3 Å². The first-order valence-electron chi connectivity index (χ1n) is 11.0. The lowest BCUT2D eigenvalue weighted by Gasteiger charge is -2.30. The van der Waals surface area contributed by atoms with E-state index in [2.05, 4.69) is 34.4 Å². The van der Waals surface area contributed by atoms with Gasteiger partial charge in [0.2, 0.25) is 0 Å². The normalized spacial score (nSPS) is 17.2. The first kappa shape index (κ1) is 26.7. The summed E-state index contributed by atoms with van der Waals surface area (Å²) in [4.78, 5) is 20.8. The Morgan fingerprint density at radius 1 is 1.20 bits per heavy atom. The van der Waals surface area contributed by atoms with E-state index >= 15 is 0 Å². The zero-order chi connectivity index (χ0) is 21.1. The highest BCUT2D eigenvalue weighted by molar-refractivity contribution is 14.0. The zero-order valence-corrected chi connectivity index (χ0v) is 21.4. The average molecular weight is 530 g/mol. The predicted molar refractivity (Wildman–Crippen MR) is 137 cm³/mol. The molecule has 1 heterocycles. The van der Waals surface area contributed by atoms with Crippen LogP contribution in [0, 0.1) is 5.92 Å². The summed E-state index contributed by atoms with van der Waals surface area (Å²) in [5.74, 6) is 1.73. The van der Waals surface area contributed by atoms with Gasteiger partial charge in [-0.05, 0) is 69.3 Å². The van der Waals surface area contributed by atoms with E-state index in [1.165, 1.54) is 38.9 Å².